The highest BCUT2D eigenvalue weighted by Gasteiger charge is 2.27. The third-order valence-corrected chi connectivity index (χ3v) is 2.51. The zero-order valence-corrected chi connectivity index (χ0v) is 10.0. The average molecular weight is 227 g/mol. The summed E-state index contributed by atoms with van der Waals surface area (Å²) in [6.45, 7) is 5.58. The number of aromatic nitrogens is 1. The van der Waals surface area contributed by atoms with E-state index in [0.29, 0.717) is 24.3 Å². The second-order valence-electron chi connectivity index (χ2n) is 4.23. The number of nitrogens with zero attached hydrogens (tertiary/aromatic N) is 1. The second kappa shape index (κ2) is 4.65. The van der Waals surface area contributed by atoms with E-state index in [2.05, 4.69) is 5.16 Å². The van der Waals surface area contributed by atoms with Crippen LogP contribution in [0, 0.1) is 0 Å². The van der Waals surface area contributed by atoms with E-state index in [1.54, 1.807) is 7.11 Å². The number of aryl methyl sites for hydroxylation is 1. The lowest BCUT2D eigenvalue weighted by Gasteiger charge is -2.21. The van der Waals surface area contributed by atoms with Gasteiger partial charge in [0, 0.05) is 20.0 Å². The molecule has 16 heavy (non-hydrogen) atoms. The van der Waals surface area contributed by atoms with Crippen LogP contribution in [-0.2, 0) is 17.6 Å². The zero-order chi connectivity index (χ0) is 12.3. The molecular weight excluding hydrogens is 210 g/mol. The van der Waals surface area contributed by atoms with Gasteiger partial charge < -0.3 is 14.4 Å². The van der Waals surface area contributed by atoms with Gasteiger partial charge in [-0.2, -0.15) is 0 Å². The van der Waals surface area contributed by atoms with Gasteiger partial charge in [0.2, 0.25) is 0 Å². The van der Waals surface area contributed by atoms with Crippen LogP contribution in [0.15, 0.2) is 4.52 Å². The summed E-state index contributed by atoms with van der Waals surface area (Å²) in [6.07, 6.45) is 0.927. The molecule has 0 atom stereocenters. The average Bonchev–Trinajstić information content (AvgIpc) is 2.60. The first-order valence-corrected chi connectivity index (χ1v) is 5.17. The Kier molecular flexibility index (Phi) is 3.70. The van der Waals surface area contributed by atoms with Crippen LogP contribution >= 0.6 is 0 Å². The van der Waals surface area contributed by atoms with Gasteiger partial charge >= 0.3 is 5.97 Å². The number of carboxylic acid groups (broad SMARTS) is 1. The lowest BCUT2D eigenvalue weighted by Crippen LogP contribution is -2.26. The molecule has 0 aliphatic heterocycles. The van der Waals surface area contributed by atoms with Gasteiger partial charge in [-0.05, 0) is 13.8 Å². The molecule has 0 unspecified atom stereocenters. The molecule has 1 heterocycles. The van der Waals surface area contributed by atoms with Crippen LogP contribution in [0.1, 0.15) is 42.6 Å². The molecule has 5 nitrogen and oxygen atoms in total. The third-order valence-electron chi connectivity index (χ3n) is 2.51. The Hall–Kier alpha value is -1.36. The van der Waals surface area contributed by atoms with E-state index in [1.807, 2.05) is 20.8 Å². The molecule has 1 rings (SSSR count). The van der Waals surface area contributed by atoms with Crippen LogP contribution in [0.25, 0.3) is 0 Å². The van der Waals surface area contributed by atoms with Crippen molar-refractivity contribution in [2.45, 2.75) is 39.2 Å². The van der Waals surface area contributed by atoms with Crippen molar-refractivity contribution in [2.24, 2.45) is 0 Å². The molecule has 90 valence electrons. The van der Waals surface area contributed by atoms with Crippen molar-refractivity contribution in [2.75, 3.05) is 7.11 Å². The van der Waals surface area contributed by atoms with Crippen molar-refractivity contribution >= 4 is 5.97 Å². The van der Waals surface area contributed by atoms with E-state index in [0.717, 1.165) is 0 Å². The van der Waals surface area contributed by atoms with Crippen molar-refractivity contribution in [3.8, 4) is 0 Å². The minimum atomic E-state index is -1.000. The highest BCUT2D eigenvalue weighted by molar-refractivity contribution is 5.90. The van der Waals surface area contributed by atoms with Gasteiger partial charge in [0.05, 0.1) is 5.60 Å². The molecule has 0 aromatic carbocycles. The normalized spacial score (nSPS) is 11.8. The largest absolute Gasteiger partial charge is 0.477 e. The number of hydrogen-bond acceptors (Lipinski definition) is 4. The SMILES string of the molecule is CCc1onc(CC(C)(C)OC)c1C(=O)O. The molecule has 0 bridgehead atoms. The fraction of sp³-hybridized carbons (Fsp3) is 0.636. The number of methoxy groups -OCH3 is 1. The molecule has 0 amide bonds. The van der Waals surface area contributed by atoms with Crippen molar-refractivity contribution < 1.29 is 19.2 Å². The smallest absolute Gasteiger partial charge is 0.341 e. The first kappa shape index (κ1) is 12.7. The quantitative estimate of drug-likeness (QED) is 0.831. The van der Waals surface area contributed by atoms with Crippen LogP contribution in [0.4, 0.5) is 0 Å². The monoisotopic (exact) mass is 227 g/mol. The predicted octanol–water partition coefficient (Wildman–Crippen LogP) is 1.90. The second-order valence-corrected chi connectivity index (χ2v) is 4.23. The number of rotatable bonds is 5. The molecule has 0 spiro atoms. The number of ether oxygens (including phenoxy) is 1. The summed E-state index contributed by atoms with van der Waals surface area (Å²) in [5, 5.41) is 12.9. The number of aromatic carboxylic acids is 1. The molecular formula is C11H17NO4. The molecule has 5 heteroatoms. The summed E-state index contributed by atoms with van der Waals surface area (Å²) in [6, 6.07) is 0. The first-order valence-electron chi connectivity index (χ1n) is 5.17. The van der Waals surface area contributed by atoms with Gasteiger partial charge in [0.15, 0.2) is 5.76 Å². The Morgan fingerprint density at radius 1 is 1.56 bits per heavy atom. The molecule has 1 aromatic heterocycles. The Bertz CT molecular complexity index is 381. The fourth-order valence-electron chi connectivity index (χ4n) is 1.44. The zero-order valence-electron chi connectivity index (χ0n) is 10.0. The van der Waals surface area contributed by atoms with Gasteiger partial charge in [0.1, 0.15) is 11.3 Å². The Morgan fingerprint density at radius 2 is 2.19 bits per heavy atom. The van der Waals surface area contributed by atoms with Crippen molar-refractivity contribution in [3.05, 3.63) is 17.0 Å². The van der Waals surface area contributed by atoms with Gasteiger partial charge in [-0.1, -0.05) is 12.1 Å². The predicted molar refractivity (Wildman–Crippen MR) is 57.6 cm³/mol. The van der Waals surface area contributed by atoms with E-state index in [9.17, 15) is 4.79 Å². The molecule has 0 radical (unpaired) electrons. The summed E-state index contributed by atoms with van der Waals surface area (Å²) in [5.74, 6) is -0.589. The summed E-state index contributed by atoms with van der Waals surface area (Å²) < 4.78 is 10.3. The van der Waals surface area contributed by atoms with E-state index in [1.165, 1.54) is 0 Å². The Labute approximate surface area is 94.4 Å². The Morgan fingerprint density at radius 3 is 2.62 bits per heavy atom. The van der Waals surface area contributed by atoms with Crippen LogP contribution < -0.4 is 0 Å². The number of carbonyl (C=O) groups is 1. The maximum Gasteiger partial charge on any atom is 0.341 e. The van der Waals surface area contributed by atoms with Gasteiger partial charge in [-0.15, -0.1) is 0 Å². The van der Waals surface area contributed by atoms with E-state index in [4.69, 9.17) is 14.4 Å². The maximum atomic E-state index is 11.1. The Balaban J connectivity index is 3.05. The highest BCUT2D eigenvalue weighted by atomic mass is 16.5. The minimum absolute atomic E-state index is 0.174. The summed E-state index contributed by atoms with van der Waals surface area (Å²) in [7, 11) is 1.58. The fourth-order valence-corrected chi connectivity index (χ4v) is 1.44. The molecule has 1 aromatic rings. The first-order chi connectivity index (χ1) is 7.41. The topological polar surface area (TPSA) is 72.6 Å². The van der Waals surface area contributed by atoms with Crippen LogP contribution in [0.5, 0.6) is 0 Å². The van der Waals surface area contributed by atoms with Crippen LogP contribution in [0.2, 0.25) is 0 Å². The summed E-state index contributed by atoms with van der Waals surface area (Å²) in [5.41, 5.74) is 0.162. The standard InChI is InChI=1S/C11H17NO4/c1-5-8-9(10(13)14)7(12-16-8)6-11(2,3)15-4/h5-6H2,1-4H3,(H,13,14). The van der Waals surface area contributed by atoms with Gasteiger partial charge in [-0.3, -0.25) is 0 Å². The van der Waals surface area contributed by atoms with E-state index in [-0.39, 0.29) is 5.56 Å². The third kappa shape index (κ3) is 2.61. The molecule has 0 saturated carbocycles. The van der Waals surface area contributed by atoms with Crippen molar-refractivity contribution in [1.82, 2.24) is 5.16 Å². The summed E-state index contributed by atoms with van der Waals surface area (Å²) >= 11 is 0. The van der Waals surface area contributed by atoms with Crippen molar-refractivity contribution in [3.63, 3.8) is 0 Å². The minimum Gasteiger partial charge on any atom is -0.477 e. The molecule has 0 saturated heterocycles. The molecule has 1 N–H and O–H groups in total. The van der Waals surface area contributed by atoms with E-state index >= 15 is 0 Å². The number of hydrogen-bond donors (Lipinski definition) is 1. The molecule has 0 fully saturated rings. The van der Waals surface area contributed by atoms with Crippen LogP contribution in [0.3, 0.4) is 0 Å². The highest BCUT2D eigenvalue weighted by Crippen LogP contribution is 2.21. The van der Waals surface area contributed by atoms with E-state index < -0.39 is 11.6 Å². The van der Waals surface area contributed by atoms with Gasteiger partial charge in [-0.25, -0.2) is 4.79 Å². The lowest BCUT2D eigenvalue weighted by atomic mass is 9.99. The number of carboxylic acids is 1. The summed E-state index contributed by atoms with van der Waals surface area (Å²) in [4.78, 5) is 11.1. The molecule has 0 aliphatic rings. The van der Waals surface area contributed by atoms with Crippen molar-refractivity contribution in [1.29, 1.82) is 0 Å². The maximum absolute atomic E-state index is 11.1. The lowest BCUT2D eigenvalue weighted by molar-refractivity contribution is 0.0216. The van der Waals surface area contributed by atoms with Gasteiger partial charge in [0.25, 0.3) is 0 Å². The van der Waals surface area contributed by atoms with Crippen LogP contribution in [-0.4, -0.2) is 28.9 Å². The molecule has 0 aliphatic carbocycles.